The fourth-order valence-corrected chi connectivity index (χ4v) is 2.90. The first-order valence-corrected chi connectivity index (χ1v) is 7.46. The van der Waals surface area contributed by atoms with Crippen LogP contribution in [-0.2, 0) is 6.54 Å². The molecule has 0 bridgehead atoms. The minimum Gasteiger partial charge on any atom is -0.477 e. The van der Waals surface area contributed by atoms with Crippen molar-refractivity contribution in [1.29, 1.82) is 0 Å². The molecule has 0 unspecified atom stereocenters. The van der Waals surface area contributed by atoms with Crippen LogP contribution in [0.15, 0.2) is 28.1 Å². The molecule has 3 nitrogen and oxygen atoms in total. The number of thiophene rings is 1. The van der Waals surface area contributed by atoms with Gasteiger partial charge in [0, 0.05) is 16.7 Å². The standard InChI is InChI=1S/C14H14BrNO2S/c1-8-5-11(6-9(2)12(8)15)16-7-10-3-4-19-13(10)14(17)18/h3-6,16H,7H2,1-2H3,(H,17,18). The van der Waals surface area contributed by atoms with Gasteiger partial charge in [-0.25, -0.2) is 4.79 Å². The highest BCUT2D eigenvalue weighted by atomic mass is 79.9. The Morgan fingerprint density at radius 2 is 2.00 bits per heavy atom. The predicted molar refractivity (Wildman–Crippen MR) is 82.2 cm³/mol. The van der Waals surface area contributed by atoms with Crippen LogP contribution in [0.5, 0.6) is 0 Å². The molecule has 100 valence electrons. The number of carboxylic acids is 1. The molecule has 0 spiro atoms. The average molecular weight is 340 g/mol. The molecular formula is C14H14BrNO2S. The third kappa shape index (κ3) is 3.16. The molecule has 0 saturated carbocycles. The number of carboxylic acid groups (broad SMARTS) is 1. The zero-order valence-electron chi connectivity index (χ0n) is 10.7. The highest BCUT2D eigenvalue weighted by Gasteiger charge is 2.11. The van der Waals surface area contributed by atoms with Gasteiger partial charge in [0.15, 0.2) is 0 Å². The minimum atomic E-state index is -0.866. The topological polar surface area (TPSA) is 49.3 Å². The van der Waals surface area contributed by atoms with Crippen molar-refractivity contribution in [3.05, 3.63) is 49.6 Å². The Hall–Kier alpha value is -1.33. The molecule has 19 heavy (non-hydrogen) atoms. The molecule has 1 heterocycles. The lowest BCUT2D eigenvalue weighted by molar-refractivity contribution is 0.0701. The number of rotatable bonds is 4. The quantitative estimate of drug-likeness (QED) is 0.865. The third-order valence-electron chi connectivity index (χ3n) is 2.86. The summed E-state index contributed by atoms with van der Waals surface area (Å²) in [5, 5.41) is 14.1. The Labute approximate surface area is 124 Å². The van der Waals surface area contributed by atoms with Crippen molar-refractivity contribution < 1.29 is 9.90 Å². The van der Waals surface area contributed by atoms with Crippen molar-refractivity contribution in [2.24, 2.45) is 0 Å². The van der Waals surface area contributed by atoms with Gasteiger partial charge < -0.3 is 10.4 Å². The largest absolute Gasteiger partial charge is 0.477 e. The molecule has 0 fully saturated rings. The van der Waals surface area contributed by atoms with Gasteiger partial charge in [0.05, 0.1) is 0 Å². The summed E-state index contributed by atoms with van der Waals surface area (Å²) in [6.45, 7) is 4.59. The van der Waals surface area contributed by atoms with Gasteiger partial charge in [0.1, 0.15) is 4.88 Å². The summed E-state index contributed by atoms with van der Waals surface area (Å²) in [4.78, 5) is 11.4. The number of halogens is 1. The summed E-state index contributed by atoms with van der Waals surface area (Å²) in [5.74, 6) is -0.866. The average Bonchev–Trinajstić information content (AvgIpc) is 2.81. The highest BCUT2D eigenvalue weighted by molar-refractivity contribution is 9.10. The number of anilines is 1. The van der Waals surface area contributed by atoms with E-state index in [1.807, 2.05) is 32.0 Å². The van der Waals surface area contributed by atoms with Gasteiger partial charge in [-0.15, -0.1) is 11.3 Å². The molecule has 0 aliphatic rings. The van der Waals surface area contributed by atoms with Crippen LogP contribution in [0.4, 0.5) is 5.69 Å². The summed E-state index contributed by atoms with van der Waals surface area (Å²) in [7, 11) is 0. The zero-order chi connectivity index (χ0) is 14.0. The second-order valence-corrected chi connectivity index (χ2v) is 6.07. The molecule has 0 amide bonds. The van der Waals surface area contributed by atoms with Crippen LogP contribution < -0.4 is 5.32 Å². The van der Waals surface area contributed by atoms with E-state index in [4.69, 9.17) is 5.11 Å². The zero-order valence-corrected chi connectivity index (χ0v) is 13.1. The molecule has 0 atom stereocenters. The third-order valence-corrected chi connectivity index (χ3v) is 5.06. The lowest BCUT2D eigenvalue weighted by Crippen LogP contribution is -2.04. The van der Waals surface area contributed by atoms with E-state index in [1.165, 1.54) is 11.3 Å². The number of benzene rings is 1. The molecule has 2 N–H and O–H groups in total. The van der Waals surface area contributed by atoms with E-state index < -0.39 is 5.97 Å². The van der Waals surface area contributed by atoms with Crippen LogP contribution in [0.3, 0.4) is 0 Å². The number of aromatic carboxylic acids is 1. The molecule has 0 radical (unpaired) electrons. The number of carbonyl (C=O) groups is 1. The number of aryl methyl sites for hydroxylation is 2. The summed E-state index contributed by atoms with van der Waals surface area (Å²) >= 11 is 4.78. The first kappa shape index (κ1) is 14.1. The first-order valence-electron chi connectivity index (χ1n) is 5.79. The van der Waals surface area contributed by atoms with Crippen LogP contribution in [0.25, 0.3) is 0 Å². The number of hydrogen-bond acceptors (Lipinski definition) is 3. The van der Waals surface area contributed by atoms with Gasteiger partial charge >= 0.3 is 5.97 Å². The summed E-state index contributed by atoms with van der Waals surface area (Å²) in [6, 6.07) is 5.94. The number of nitrogens with one attached hydrogen (secondary N) is 1. The van der Waals surface area contributed by atoms with E-state index in [0.717, 1.165) is 26.9 Å². The van der Waals surface area contributed by atoms with Crippen molar-refractivity contribution in [3.63, 3.8) is 0 Å². The van der Waals surface area contributed by atoms with Crippen molar-refractivity contribution in [1.82, 2.24) is 0 Å². The van der Waals surface area contributed by atoms with Gasteiger partial charge in [0.2, 0.25) is 0 Å². The summed E-state index contributed by atoms with van der Waals surface area (Å²) in [6.07, 6.45) is 0. The fourth-order valence-electron chi connectivity index (χ4n) is 1.91. The molecule has 2 aromatic rings. The molecule has 0 saturated heterocycles. The minimum absolute atomic E-state index is 0.401. The molecule has 0 aliphatic heterocycles. The fraction of sp³-hybridized carbons (Fsp3) is 0.214. The second-order valence-electron chi connectivity index (χ2n) is 4.36. The van der Waals surface area contributed by atoms with Crippen molar-refractivity contribution in [2.75, 3.05) is 5.32 Å². The molecule has 1 aromatic carbocycles. The monoisotopic (exact) mass is 339 g/mol. The molecule has 0 aliphatic carbocycles. The van der Waals surface area contributed by atoms with Crippen molar-refractivity contribution in [3.8, 4) is 0 Å². The second kappa shape index (κ2) is 5.75. The maximum atomic E-state index is 11.0. The molecule has 2 rings (SSSR count). The van der Waals surface area contributed by atoms with E-state index in [-0.39, 0.29) is 0 Å². The van der Waals surface area contributed by atoms with Crippen LogP contribution in [0.1, 0.15) is 26.4 Å². The Morgan fingerprint density at radius 3 is 2.58 bits per heavy atom. The molecular weight excluding hydrogens is 326 g/mol. The predicted octanol–water partition coefficient (Wildman–Crippen LogP) is 4.44. The first-order chi connectivity index (χ1) is 8.99. The Balaban J connectivity index is 2.15. The summed E-state index contributed by atoms with van der Waals surface area (Å²) in [5.41, 5.74) is 4.13. The van der Waals surface area contributed by atoms with Crippen LogP contribution in [0.2, 0.25) is 0 Å². The van der Waals surface area contributed by atoms with Gasteiger partial charge in [-0.2, -0.15) is 0 Å². The van der Waals surface area contributed by atoms with Crippen LogP contribution in [0, 0.1) is 13.8 Å². The Morgan fingerprint density at radius 1 is 1.37 bits per heavy atom. The van der Waals surface area contributed by atoms with Gasteiger partial charge in [-0.05, 0) is 54.1 Å². The Bertz CT molecular complexity index is 599. The van der Waals surface area contributed by atoms with E-state index in [2.05, 4.69) is 21.2 Å². The van der Waals surface area contributed by atoms with E-state index >= 15 is 0 Å². The van der Waals surface area contributed by atoms with Gasteiger partial charge in [-0.3, -0.25) is 0 Å². The lowest BCUT2D eigenvalue weighted by atomic mass is 10.1. The van der Waals surface area contributed by atoms with Crippen molar-refractivity contribution >= 4 is 38.9 Å². The SMILES string of the molecule is Cc1cc(NCc2ccsc2C(=O)O)cc(C)c1Br. The maximum absolute atomic E-state index is 11.0. The number of hydrogen-bond donors (Lipinski definition) is 2. The smallest absolute Gasteiger partial charge is 0.346 e. The van der Waals surface area contributed by atoms with Gasteiger partial charge in [0.25, 0.3) is 0 Å². The van der Waals surface area contributed by atoms with E-state index in [9.17, 15) is 4.79 Å². The lowest BCUT2D eigenvalue weighted by Gasteiger charge is -2.10. The van der Waals surface area contributed by atoms with E-state index in [0.29, 0.717) is 11.4 Å². The van der Waals surface area contributed by atoms with Crippen LogP contribution in [-0.4, -0.2) is 11.1 Å². The molecule has 1 aromatic heterocycles. The normalized spacial score (nSPS) is 10.5. The maximum Gasteiger partial charge on any atom is 0.346 e. The summed E-state index contributed by atoms with van der Waals surface area (Å²) < 4.78 is 1.11. The highest BCUT2D eigenvalue weighted by Crippen LogP contribution is 2.26. The van der Waals surface area contributed by atoms with Crippen molar-refractivity contribution in [2.45, 2.75) is 20.4 Å². The van der Waals surface area contributed by atoms with Crippen LogP contribution >= 0.6 is 27.3 Å². The molecule has 5 heteroatoms. The Kier molecular flexibility index (Phi) is 4.27. The van der Waals surface area contributed by atoms with Gasteiger partial charge in [-0.1, -0.05) is 15.9 Å². The van der Waals surface area contributed by atoms with E-state index in [1.54, 1.807) is 5.38 Å².